The van der Waals surface area contributed by atoms with E-state index >= 15 is 0 Å². The molecular formula is C22H21F3N2O3. The fraction of sp³-hybridized carbons (Fsp3) is 0.364. The van der Waals surface area contributed by atoms with Gasteiger partial charge in [-0.15, -0.1) is 0 Å². The van der Waals surface area contributed by atoms with Crippen LogP contribution in [0.4, 0.5) is 18.9 Å². The molecule has 2 aliphatic heterocycles. The van der Waals surface area contributed by atoms with Gasteiger partial charge in [-0.3, -0.25) is 14.5 Å². The minimum atomic E-state index is -4.62. The molecule has 2 aromatic rings. The number of carbonyl (C=O) groups is 2. The van der Waals surface area contributed by atoms with Crippen LogP contribution in [-0.2, 0) is 27.0 Å². The second-order valence-corrected chi connectivity index (χ2v) is 7.62. The highest BCUT2D eigenvalue weighted by Gasteiger charge is 2.62. The number of amides is 1. The number of ether oxygens (including phenoxy) is 1. The average molecular weight is 418 g/mol. The van der Waals surface area contributed by atoms with Crippen molar-refractivity contribution in [2.75, 3.05) is 25.0 Å². The summed E-state index contributed by atoms with van der Waals surface area (Å²) in [5.41, 5.74) is -1.45. The van der Waals surface area contributed by atoms with Gasteiger partial charge >= 0.3 is 12.1 Å². The van der Waals surface area contributed by atoms with Crippen LogP contribution in [0.15, 0.2) is 48.5 Å². The number of para-hydroxylation sites is 1. The molecule has 0 spiro atoms. The van der Waals surface area contributed by atoms with Crippen LogP contribution in [0.25, 0.3) is 0 Å². The second kappa shape index (κ2) is 7.43. The van der Waals surface area contributed by atoms with Crippen LogP contribution >= 0.6 is 0 Å². The van der Waals surface area contributed by atoms with Crippen molar-refractivity contribution < 1.29 is 27.5 Å². The highest BCUT2D eigenvalue weighted by atomic mass is 19.4. The summed E-state index contributed by atoms with van der Waals surface area (Å²) < 4.78 is 45.8. The first-order valence-electron chi connectivity index (χ1n) is 9.72. The minimum Gasteiger partial charge on any atom is -0.465 e. The second-order valence-electron chi connectivity index (χ2n) is 7.62. The first kappa shape index (κ1) is 20.4. The molecule has 2 aliphatic rings. The molecule has 0 unspecified atom stereocenters. The van der Waals surface area contributed by atoms with Crippen LogP contribution in [0.3, 0.4) is 0 Å². The highest BCUT2D eigenvalue weighted by Crippen LogP contribution is 2.52. The predicted octanol–water partition coefficient (Wildman–Crippen LogP) is 3.81. The Hall–Kier alpha value is -2.87. The maximum absolute atomic E-state index is 13.5. The molecule has 4 rings (SSSR count). The molecule has 1 fully saturated rings. The van der Waals surface area contributed by atoms with Crippen molar-refractivity contribution >= 4 is 17.6 Å². The Labute approximate surface area is 171 Å². The zero-order chi connectivity index (χ0) is 21.5. The Bertz CT molecular complexity index is 977. The molecule has 1 saturated heterocycles. The first-order chi connectivity index (χ1) is 14.3. The minimum absolute atomic E-state index is 0.0763. The molecule has 30 heavy (non-hydrogen) atoms. The average Bonchev–Trinajstić information content (AvgIpc) is 3.09. The van der Waals surface area contributed by atoms with Gasteiger partial charge in [0.25, 0.3) is 0 Å². The van der Waals surface area contributed by atoms with Gasteiger partial charge in [-0.25, -0.2) is 0 Å². The lowest BCUT2D eigenvalue weighted by Crippen LogP contribution is -2.52. The topological polar surface area (TPSA) is 58.6 Å². The van der Waals surface area contributed by atoms with Crippen LogP contribution in [0, 0.1) is 5.41 Å². The van der Waals surface area contributed by atoms with Crippen molar-refractivity contribution in [2.24, 2.45) is 5.41 Å². The van der Waals surface area contributed by atoms with Gasteiger partial charge in [0.2, 0.25) is 5.91 Å². The summed E-state index contributed by atoms with van der Waals surface area (Å²) in [6.07, 6.45) is -4.62. The summed E-state index contributed by atoms with van der Waals surface area (Å²) in [6.45, 7) is 2.54. The summed E-state index contributed by atoms with van der Waals surface area (Å²) in [7, 11) is 0. The third-order valence-corrected chi connectivity index (χ3v) is 5.82. The highest BCUT2D eigenvalue weighted by molar-refractivity contribution is 6.13. The lowest BCUT2D eigenvalue weighted by molar-refractivity contribution is -0.159. The van der Waals surface area contributed by atoms with Gasteiger partial charge in [-0.1, -0.05) is 42.5 Å². The number of carbonyl (C=O) groups excluding carboxylic acids is 2. The van der Waals surface area contributed by atoms with Gasteiger partial charge in [0.1, 0.15) is 0 Å². The van der Waals surface area contributed by atoms with Crippen molar-refractivity contribution in [1.29, 1.82) is 0 Å². The molecule has 0 bridgehead atoms. The smallest absolute Gasteiger partial charge is 0.418 e. The fourth-order valence-electron chi connectivity index (χ4n) is 4.52. The van der Waals surface area contributed by atoms with Crippen molar-refractivity contribution in [3.63, 3.8) is 0 Å². The number of nitrogens with zero attached hydrogens (tertiary/aromatic N) is 1. The van der Waals surface area contributed by atoms with Crippen LogP contribution in [0.5, 0.6) is 0 Å². The van der Waals surface area contributed by atoms with Gasteiger partial charge in [-0.05, 0) is 24.1 Å². The van der Waals surface area contributed by atoms with Crippen molar-refractivity contribution in [3.8, 4) is 0 Å². The Morgan fingerprint density at radius 1 is 1.20 bits per heavy atom. The molecule has 5 nitrogen and oxygen atoms in total. The van der Waals surface area contributed by atoms with Crippen LogP contribution in [0.1, 0.15) is 29.5 Å². The first-order valence-corrected chi connectivity index (χ1v) is 9.72. The quantitative estimate of drug-likeness (QED) is 0.606. The number of hydrogen-bond donors (Lipinski definition) is 1. The van der Waals surface area contributed by atoms with E-state index in [0.29, 0.717) is 12.1 Å². The van der Waals surface area contributed by atoms with Crippen LogP contribution in [-0.4, -0.2) is 36.5 Å². The maximum atomic E-state index is 13.5. The molecule has 0 radical (unpaired) electrons. The van der Waals surface area contributed by atoms with Crippen molar-refractivity contribution in [1.82, 2.24) is 4.90 Å². The number of alkyl halides is 3. The van der Waals surface area contributed by atoms with Gasteiger partial charge in [0.05, 0.1) is 17.9 Å². The molecule has 2 atom stereocenters. The Morgan fingerprint density at radius 3 is 2.60 bits per heavy atom. The molecular weight excluding hydrogens is 397 g/mol. The molecule has 0 saturated carbocycles. The lowest BCUT2D eigenvalue weighted by Gasteiger charge is -2.37. The summed E-state index contributed by atoms with van der Waals surface area (Å²) >= 11 is 0. The van der Waals surface area contributed by atoms with Gasteiger partial charge < -0.3 is 10.1 Å². The zero-order valence-electron chi connectivity index (χ0n) is 16.3. The number of likely N-dealkylation sites (tertiary alicyclic amines) is 1. The summed E-state index contributed by atoms with van der Waals surface area (Å²) in [6, 6.07) is 13.3. The number of fused-ring (bicyclic) bond motifs is 3. The van der Waals surface area contributed by atoms with Crippen LogP contribution < -0.4 is 5.32 Å². The predicted molar refractivity (Wildman–Crippen MR) is 104 cm³/mol. The zero-order valence-corrected chi connectivity index (χ0v) is 16.3. The molecule has 8 heteroatoms. The number of halogens is 3. The Balaban J connectivity index is 1.79. The number of benzene rings is 2. The summed E-state index contributed by atoms with van der Waals surface area (Å²) in [5, 5.41) is 2.38. The van der Waals surface area contributed by atoms with E-state index in [1.807, 2.05) is 35.2 Å². The van der Waals surface area contributed by atoms with Gasteiger partial charge in [0.15, 0.2) is 5.41 Å². The number of nitrogens with one attached hydrogen (secondary N) is 1. The number of rotatable bonds is 4. The van der Waals surface area contributed by atoms with E-state index in [4.69, 9.17) is 4.74 Å². The largest absolute Gasteiger partial charge is 0.465 e. The molecule has 2 heterocycles. The molecule has 0 aliphatic carbocycles. The standard InChI is InChI=1S/C22H21F3N2O3/c1-2-30-20(29)21-13-27(11-14-7-4-3-5-8-14)12-17(21)15-9-6-10-16(22(23,24)25)18(15)26-19(21)28/h3-10,17H,2,11-13H2,1H3,(H,26,28)/t17-,21+/m0/s1. The van der Waals surface area contributed by atoms with Crippen molar-refractivity contribution in [2.45, 2.75) is 25.6 Å². The number of anilines is 1. The Morgan fingerprint density at radius 2 is 1.93 bits per heavy atom. The van der Waals surface area contributed by atoms with E-state index in [1.165, 1.54) is 6.07 Å². The normalized spacial score (nSPS) is 23.5. The van der Waals surface area contributed by atoms with Gasteiger partial charge in [-0.2, -0.15) is 13.2 Å². The molecule has 1 N–H and O–H groups in total. The third-order valence-electron chi connectivity index (χ3n) is 5.82. The lowest BCUT2D eigenvalue weighted by atomic mass is 9.70. The molecule has 158 valence electrons. The van der Waals surface area contributed by atoms with E-state index in [0.717, 1.165) is 11.6 Å². The fourth-order valence-corrected chi connectivity index (χ4v) is 4.52. The summed E-state index contributed by atoms with van der Waals surface area (Å²) in [4.78, 5) is 28.0. The van der Waals surface area contributed by atoms with Crippen molar-refractivity contribution in [3.05, 3.63) is 65.2 Å². The molecule has 1 amide bonds. The van der Waals surface area contributed by atoms with E-state index < -0.39 is 34.9 Å². The summed E-state index contributed by atoms with van der Waals surface area (Å²) in [5.74, 6) is -2.18. The van der Waals surface area contributed by atoms with E-state index in [-0.39, 0.29) is 25.4 Å². The van der Waals surface area contributed by atoms with Gasteiger partial charge in [0, 0.05) is 25.6 Å². The van der Waals surface area contributed by atoms with E-state index in [1.54, 1.807) is 13.0 Å². The SMILES string of the molecule is CCOC(=O)[C@]12CN(Cc3ccccc3)C[C@H]1c1cccc(C(F)(F)F)c1NC2=O. The number of esters is 1. The third kappa shape index (κ3) is 3.25. The monoisotopic (exact) mass is 418 g/mol. The molecule has 2 aromatic carbocycles. The molecule has 0 aromatic heterocycles. The van der Waals surface area contributed by atoms with E-state index in [2.05, 4.69) is 5.32 Å². The Kier molecular flexibility index (Phi) is 5.05. The van der Waals surface area contributed by atoms with Crippen LogP contribution in [0.2, 0.25) is 0 Å². The number of hydrogen-bond acceptors (Lipinski definition) is 4. The maximum Gasteiger partial charge on any atom is 0.418 e. The van der Waals surface area contributed by atoms with E-state index in [9.17, 15) is 22.8 Å².